The van der Waals surface area contributed by atoms with E-state index in [1.54, 1.807) is 23.2 Å². The Kier molecular flexibility index (Phi) is 4.84. The van der Waals surface area contributed by atoms with Gasteiger partial charge in [0.25, 0.3) is 5.91 Å². The molecule has 1 aliphatic rings. The van der Waals surface area contributed by atoms with Crippen molar-refractivity contribution in [2.24, 2.45) is 0 Å². The Bertz CT molecular complexity index is 807. The Morgan fingerprint density at radius 3 is 2.62 bits per heavy atom. The van der Waals surface area contributed by atoms with Crippen LogP contribution in [0.15, 0.2) is 65.4 Å². The van der Waals surface area contributed by atoms with Crippen molar-refractivity contribution in [3.8, 4) is 0 Å². The molecule has 0 unspecified atom stereocenters. The van der Waals surface area contributed by atoms with Gasteiger partial charge < -0.3 is 4.42 Å². The van der Waals surface area contributed by atoms with Crippen LogP contribution in [0.5, 0.6) is 0 Å². The Morgan fingerprint density at radius 2 is 1.96 bits per heavy atom. The average Bonchev–Trinajstić information content (AvgIpc) is 3.38. The molecule has 0 bridgehead atoms. The summed E-state index contributed by atoms with van der Waals surface area (Å²) in [6.07, 6.45) is 5.08. The molecule has 6 nitrogen and oxygen atoms in total. The number of carbonyl (C=O) groups excluding carboxylic acids is 1. The van der Waals surface area contributed by atoms with Crippen molar-refractivity contribution in [3.05, 3.63) is 72.3 Å². The van der Waals surface area contributed by atoms with E-state index in [1.807, 2.05) is 12.1 Å². The van der Waals surface area contributed by atoms with Crippen LogP contribution < -0.4 is 4.90 Å². The molecule has 1 saturated heterocycles. The highest BCUT2D eigenvalue weighted by Gasteiger charge is 2.32. The van der Waals surface area contributed by atoms with Crippen LogP contribution in [-0.2, 0) is 6.54 Å². The van der Waals surface area contributed by atoms with Crippen LogP contribution in [-0.4, -0.2) is 40.1 Å². The summed E-state index contributed by atoms with van der Waals surface area (Å²) in [7, 11) is 0. The first-order chi connectivity index (χ1) is 12.8. The average molecular weight is 350 g/mol. The molecule has 1 amide bonds. The highest BCUT2D eigenvalue weighted by Crippen LogP contribution is 2.25. The Hall–Kier alpha value is -2.86. The summed E-state index contributed by atoms with van der Waals surface area (Å²) in [6.45, 7) is 2.85. The Balaban J connectivity index is 1.45. The van der Waals surface area contributed by atoms with E-state index in [9.17, 15) is 4.79 Å². The van der Waals surface area contributed by atoms with E-state index in [-0.39, 0.29) is 11.9 Å². The van der Waals surface area contributed by atoms with Crippen LogP contribution in [0.1, 0.15) is 29.0 Å². The molecule has 3 aromatic rings. The summed E-state index contributed by atoms with van der Waals surface area (Å²) in [4.78, 5) is 17.2. The van der Waals surface area contributed by atoms with Gasteiger partial charge in [-0.15, -0.1) is 0 Å². The normalized spacial score (nSPS) is 15.8. The van der Waals surface area contributed by atoms with Crippen LogP contribution in [0.4, 0.5) is 5.82 Å². The van der Waals surface area contributed by atoms with E-state index >= 15 is 0 Å². The standard InChI is InChI=1S/C20H22N4O2/c25-20(18-7-4-14-26-18)24(19-8-11-21-22-19)17-9-12-23(13-10-17)15-16-5-2-1-3-6-16/h1-8,11,14,17H,9-10,12-13,15H2,(H,21,22). The van der Waals surface area contributed by atoms with E-state index in [4.69, 9.17) is 4.42 Å². The molecule has 4 rings (SSSR count). The number of aromatic nitrogens is 2. The van der Waals surface area contributed by atoms with Crippen molar-refractivity contribution in [3.63, 3.8) is 0 Å². The minimum absolute atomic E-state index is 0.114. The van der Waals surface area contributed by atoms with Gasteiger partial charge in [0.2, 0.25) is 0 Å². The maximum atomic E-state index is 12.9. The van der Waals surface area contributed by atoms with E-state index in [1.165, 1.54) is 11.8 Å². The number of piperidine rings is 1. The number of benzene rings is 1. The number of nitrogens with one attached hydrogen (secondary N) is 1. The van der Waals surface area contributed by atoms with Gasteiger partial charge in [0.1, 0.15) is 0 Å². The predicted molar refractivity (Wildman–Crippen MR) is 98.8 cm³/mol. The van der Waals surface area contributed by atoms with E-state index in [0.717, 1.165) is 32.5 Å². The zero-order chi connectivity index (χ0) is 17.8. The molecule has 3 heterocycles. The smallest absolute Gasteiger partial charge is 0.295 e. The SMILES string of the molecule is O=C(c1ccco1)N(c1cc[nH]n1)C1CCN(Cc2ccccc2)CC1. The quantitative estimate of drug-likeness (QED) is 0.767. The highest BCUT2D eigenvalue weighted by atomic mass is 16.3. The lowest BCUT2D eigenvalue weighted by molar-refractivity contribution is 0.0930. The fourth-order valence-corrected chi connectivity index (χ4v) is 3.54. The molecule has 6 heteroatoms. The summed E-state index contributed by atoms with van der Waals surface area (Å²) in [5, 5.41) is 7.04. The summed E-state index contributed by atoms with van der Waals surface area (Å²) in [5.74, 6) is 0.858. The molecule has 0 spiro atoms. The number of rotatable bonds is 5. The molecule has 0 saturated carbocycles. The largest absolute Gasteiger partial charge is 0.459 e. The van der Waals surface area contributed by atoms with E-state index in [0.29, 0.717) is 11.6 Å². The van der Waals surface area contributed by atoms with Crippen LogP contribution in [0.2, 0.25) is 0 Å². The molecule has 0 aliphatic carbocycles. The van der Waals surface area contributed by atoms with Crippen molar-refractivity contribution in [2.45, 2.75) is 25.4 Å². The second-order valence-electron chi connectivity index (χ2n) is 6.58. The van der Waals surface area contributed by atoms with Crippen molar-refractivity contribution in [1.29, 1.82) is 0 Å². The number of anilines is 1. The second kappa shape index (κ2) is 7.58. The van der Waals surface area contributed by atoms with Crippen LogP contribution in [0, 0.1) is 0 Å². The Labute approximate surface area is 152 Å². The van der Waals surface area contributed by atoms with Gasteiger partial charge in [0.15, 0.2) is 11.6 Å². The minimum atomic E-state index is -0.136. The molecule has 1 aromatic carbocycles. The maximum Gasteiger partial charge on any atom is 0.295 e. The van der Waals surface area contributed by atoms with Gasteiger partial charge in [-0.1, -0.05) is 30.3 Å². The number of H-pyrrole nitrogens is 1. The van der Waals surface area contributed by atoms with Crippen LogP contribution >= 0.6 is 0 Å². The summed E-state index contributed by atoms with van der Waals surface area (Å²) >= 11 is 0. The number of hydrogen-bond acceptors (Lipinski definition) is 4. The molecule has 1 fully saturated rings. The second-order valence-corrected chi connectivity index (χ2v) is 6.58. The third kappa shape index (κ3) is 3.55. The number of likely N-dealkylation sites (tertiary alicyclic amines) is 1. The maximum absolute atomic E-state index is 12.9. The van der Waals surface area contributed by atoms with E-state index < -0.39 is 0 Å². The van der Waals surface area contributed by atoms with Crippen molar-refractivity contribution >= 4 is 11.7 Å². The number of aromatic amines is 1. The first kappa shape index (κ1) is 16.6. The van der Waals surface area contributed by atoms with Crippen LogP contribution in [0.25, 0.3) is 0 Å². The van der Waals surface area contributed by atoms with Gasteiger partial charge >= 0.3 is 0 Å². The molecule has 0 atom stereocenters. The van der Waals surface area contributed by atoms with E-state index in [2.05, 4.69) is 39.4 Å². The molecule has 26 heavy (non-hydrogen) atoms. The van der Waals surface area contributed by atoms with Gasteiger partial charge in [0, 0.05) is 37.9 Å². The third-order valence-corrected chi connectivity index (χ3v) is 4.85. The fourth-order valence-electron chi connectivity index (χ4n) is 3.54. The topological polar surface area (TPSA) is 65.4 Å². The number of furan rings is 1. The molecular weight excluding hydrogens is 328 g/mol. The summed E-state index contributed by atoms with van der Waals surface area (Å²) < 4.78 is 5.33. The number of amides is 1. The van der Waals surface area contributed by atoms with Crippen LogP contribution in [0.3, 0.4) is 0 Å². The minimum Gasteiger partial charge on any atom is -0.459 e. The summed E-state index contributed by atoms with van der Waals surface area (Å²) in [6, 6.07) is 15.9. The van der Waals surface area contributed by atoms with Crippen molar-refractivity contribution < 1.29 is 9.21 Å². The highest BCUT2D eigenvalue weighted by molar-refractivity contribution is 6.04. The van der Waals surface area contributed by atoms with Gasteiger partial charge in [-0.3, -0.25) is 19.7 Å². The Morgan fingerprint density at radius 1 is 1.15 bits per heavy atom. The van der Waals surface area contributed by atoms with Gasteiger partial charge in [0.05, 0.1) is 6.26 Å². The van der Waals surface area contributed by atoms with Gasteiger partial charge in [-0.05, 0) is 30.5 Å². The number of nitrogens with zero attached hydrogens (tertiary/aromatic N) is 3. The molecular formula is C20H22N4O2. The lowest BCUT2D eigenvalue weighted by Gasteiger charge is -2.37. The van der Waals surface area contributed by atoms with Crippen molar-refractivity contribution in [2.75, 3.05) is 18.0 Å². The predicted octanol–water partition coefficient (Wildman–Crippen LogP) is 3.31. The number of hydrogen-bond donors (Lipinski definition) is 1. The molecule has 1 N–H and O–H groups in total. The fraction of sp³-hybridized carbons (Fsp3) is 0.300. The molecule has 1 aliphatic heterocycles. The van der Waals surface area contributed by atoms with Gasteiger partial charge in [-0.25, -0.2) is 0 Å². The first-order valence-electron chi connectivity index (χ1n) is 8.94. The lowest BCUT2D eigenvalue weighted by atomic mass is 10.0. The summed E-state index contributed by atoms with van der Waals surface area (Å²) in [5.41, 5.74) is 1.32. The number of carbonyl (C=O) groups is 1. The molecule has 134 valence electrons. The zero-order valence-corrected chi connectivity index (χ0v) is 14.5. The lowest BCUT2D eigenvalue weighted by Crippen LogP contribution is -2.47. The monoisotopic (exact) mass is 350 g/mol. The zero-order valence-electron chi connectivity index (χ0n) is 14.5. The third-order valence-electron chi connectivity index (χ3n) is 4.85. The first-order valence-corrected chi connectivity index (χ1v) is 8.94. The van der Waals surface area contributed by atoms with Crippen molar-refractivity contribution in [1.82, 2.24) is 15.1 Å². The molecule has 2 aromatic heterocycles. The van der Waals surface area contributed by atoms with Gasteiger partial charge in [-0.2, -0.15) is 5.10 Å². The molecule has 0 radical (unpaired) electrons.